The first-order chi connectivity index (χ1) is 19.2. The number of carbonyl (C=O) groups is 2. The van der Waals surface area contributed by atoms with E-state index in [1.54, 1.807) is 24.0 Å². The topological polar surface area (TPSA) is 88.7 Å². The van der Waals surface area contributed by atoms with Crippen LogP contribution in [0.15, 0.2) is 97.2 Å². The van der Waals surface area contributed by atoms with E-state index in [0.717, 1.165) is 16.8 Å². The van der Waals surface area contributed by atoms with E-state index < -0.39 is 10.8 Å². The van der Waals surface area contributed by atoms with Gasteiger partial charge in [-0.2, -0.15) is 0 Å². The van der Waals surface area contributed by atoms with Crippen LogP contribution >= 0.6 is 0 Å². The lowest BCUT2D eigenvalue weighted by Gasteiger charge is -2.30. The predicted molar refractivity (Wildman–Crippen MR) is 155 cm³/mol. The molecule has 1 heterocycles. The number of aryl methyl sites for hydroxylation is 1. The van der Waals surface area contributed by atoms with E-state index in [1.807, 2.05) is 80.7 Å². The minimum absolute atomic E-state index is 0.120. The summed E-state index contributed by atoms with van der Waals surface area (Å²) in [6, 6.07) is 28.0. The van der Waals surface area contributed by atoms with Crippen LogP contribution in [-0.2, 0) is 24.4 Å². The lowest BCUT2D eigenvalue weighted by Crippen LogP contribution is -2.45. The van der Waals surface area contributed by atoms with Gasteiger partial charge in [0.05, 0.1) is 11.5 Å². The molecule has 4 aromatic rings. The van der Waals surface area contributed by atoms with Crippen LogP contribution in [0, 0.1) is 17.0 Å². The summed E-state index contributed by atoms with van der Waals surface area (Å²) in [6.45, 7) is 6.58. The Hall–Kier alpha value is -4.72. The summed E-state index contributed by atoms with van der Waals surface area (Å²) < 4.78 is 2.12. The second-order valence-electron chi connectivity index (χ2n) is 10.1. The van der Waals surface area contributed by atoms with Crippen molar-refractivity contribution in [3.05, 3.63) is 135 Å². The summed E-state index contributed by atoms with van der Waals surface area (Å²) >= 11 is 0. The minimum Gasteiger partial charge on any atom is -0.345 e. The minimum atomic E-state index is -0.497. The average Bonchev–Trinajstić information content (AvgIpc) is 3.38. The fourth-order valence-electron chi connectivity index (χ4n) is 4.60. The molecular formula is C32H34N4O4. The lowest BCUT2D eigenvalue weighted by molar-refractivity contribution is -0.385. The van der Waals surface area contributed by atoms with E-state index in [1.165, 1.54) is 11.0 Å². The molecule has 206 valence electrons. The van der Waals surface area contributed by atoms with E-state index in [9.17, 15) is 19.7 Å². The van der Waals surface area contributed by atoms with Crippen molar-refractivity contribution in [2.45, 2.75) is 46.4 Å². The molecule has 0 fully saturated rings. The summed E-state index contributed by atoms with van der Waals surface area (Å²) in [7, 11) is 0. The maximum atomic E-state index is 13.8. The van der Waals surface area contributed by atoms with Crippen molar-refractivity contribution in [2.75, 3.05) is 6.54 Å². The molecule has 0 aliphatic heterocycles. The molecule has 0 radical (unpaired) electrons. The largest absolute Gasteiger partial charge is 0.345 e. The van der Waals surface area contributed by atoms with Gasteiger partial charge in [-0.1, -0.05) is 66.7 Å². The van der Waals surface area contributed by atoms with Crippen molar-refractivity contribution in [1.82, 2.24) is 14.4 Å². The number of benzene rings is 3. The molecule has 8 nitrogen and oxygen atoms in total. The molecule has 0 aliphatic carbocycles. The number of nitrogens with zero attached hydrogens (tertiary/aromatic N) is 4. The summed E-state index contributed by atoms with van der Waals surface area (Å²) in [5.41, 5.74) is 3.65. The van der Waals surface area contributed by atoms with Crippen LogP contribution < -0.4 is 0 Å². The summed E-state index contributed by atoms with van der Waals surface area (Å²) in [5, 5.41) is 11.5. The Bertz CT molecular complexity index is 1460. The second-order valence-corrected chi connectivity index (χ2v) is 10.1. The molecule has 0 unspecified atom stereocenters. The number of aromatic nitrogens is 1. The zero-order chi connectivity index (χ0) is 28.6. The van der Waals surface area contributed by atoms with Gasteiger partial charge in [-0.3, -0.25) is 19.7 Å². The molecule has 0 atom stereocenters. The normalized spacial score (nSPS) is 10.9. The third kappa shape index (κ3) is 7.02. The highest BCUT2D eigenvalue weighted by molar-refractivity contribution is 5.97. The first kappa shape index (κ1) is 28.3. The van der Waals surface area contributed by atoms with Gasteiger partial charge >= 0.3 is 0 Å². The number of amides is 2. The van der Waals surface area contributed by atoms with Crippen molar-refractivity contribution in [3.63, 3.8) is 0 Å². The Morgan fingerprint density at radius 2 is 1.52 bits per heavy atom. The third-order valence-corrected chi connectivity index (χ3v) is 6.88. The molecule has 8 heteroatoms. The first-order valence-electron chi connectivity index (χ1n) is 13.3. The summed E-state index contributed by atoms with van der Waals surface area (Å²) in [6.07, 6.45) is 2.00. The fourth-order valence-corrected chi connectivity index (χ4v) is 4.60. The van der Waals surface area contributed by atoms with Crippen LogP contribution in [0.5, 0.6) is 0 Å². The molecule has 1 aromatic heterocycles. The van der Waals surface area contributed by atoms with Crippen LogP contribution in [0.1, 0.15) is 46.6 Å². The molecule has 3 aromatic carbocycles. The van der Waals surface area contributed by atoms with Crippen LogP contribution in [-0.4, -0.2) is 43.7 Å². The maximum Gasteiger partial charge on any atom is 0.273 e. The zero-order valence-electron chi connectivity index (χ0n) is 23.1. The number of nitro groups is 1. The Morgan fingerprint density at radius 3 is 2.15 bits per heavy atom. The molecule has 0 saturated heterocycles. The molecule has 0 N–H and O–H groups in total. The molecule has 0 aliphatic rings. The van der Waals surface area contributed by atoms with E-state index in [2.05, 4.69) is 16.7 Å². The van der Waals surface area contributed by atoms with E-state index >= 15 is 0 Å². The Balaban J connectivity index is 1.58. The van der Waals surface area contributed by atoms with Gasteiger partial charge in [-0.25, -0.2) is 0 Å². The quantitative estimate of drug-likeness (QED) is 0.177. The van der Waals surface area contributed by atoms with E-state index in [-0.39, 0.29) is 29.7 Å². The van der Waals surface area contributed by atoms with E-state index in [0.29, 0.717) is 25.2 Å². The standard InChI is InChI=1S/C32H34N4O4/c1-24(2)35(32(38)28-17-16-25(3)30(19-28)36(39)40)23-31(37)34(21-27-13-8-5-9-14-27)22-29-15-10-18-33(29)20-26-11-6-4-7-12-26/h4-19,24H,20-23H2,1-3H3. The monoisotopic (exact) mass is 538 g/mol. The number of hydrogen-bond donors (Lipinski definition) is 0. The number of nitro benzene ring substituents is 1. The van der Waals surface area contributed by atoms with Crippen LogP contribution in [0.25, 0.3) is 0 Å². The van der Waals surface area contributed by atoms with Gasteiger partial charge in [0.1, 0.15) is 6.54 Å². The Labute approximate surface area is 234 Å². The Morgan fingerprint density at radius 1 is 0.875 bits per heavy atom. The highest BCUT2D eigenvalue weighted by atomic mass is 16.6. The van der Waals surface area contributed by atoms with Crippen molar-refractivity contribution < 1.29 is 14.5 Å². The lowest BCUT2D eigenvalue weighted by atomic mass is 10.1. The molecule has 2 amide bonds. The molecule has 0 bridgehead atoms. The smallest absolute Gasteiger partial charge is 0.273 e. The number of hydrogen-bond acceptors (Lipinski definition) is 4. The van der Waals surface area contributed by atoms with Crippen molar-refractivity contribution in [3.8, 4) is 0 Å². The van der Waals surface area contributed by atoms with Gasteiger partial charge in [-0.15, -0.1) is 0 Å². The van der Waals surface area contributed by atoms with Crippen LogP contribution in [0.3, 0.4) is 0 Å². The van der Waals surface area contributed by atoms with E-state index in [4.69, 9.17) is 0 Å². The summed E-state index contributed by atoms with van der Waals surface area (Å²) in [5.74, 6) is -0.626. The second kappa shape index (κ2) is 12.9. The van der Waals surface area contributed by atoms with Gasteiger partial charge in [0.2, 0.25) is 5.91 Å². The van der Waals surface area contributed by atoms with Gasteiger partial charge < -0.3 is 14.4 Å². The fraction of sp³-hybridized carbons (Fsp3) is 0.250. The van der Waals surface area contributed by atoms with Gasteiger partial charge in [-0.05, 0) is 50.1 Å². The molecule has 4 rings (SSSR count). The van der Waals surface area contributed by atoms with Crippen LogP contribution in [0.4, 0.5) is 5.69 Å². The molecular weight excluding hydrogens is 504 g/mol. The van der Waals surface area contributed by atoms with Gasteiger partial charge in [0, 0.05) is 48.2 Å². The third-order valence-electron chi connectivity index (χ3n) is 6.88. The van der Waals surface area contributed by atoms with Crippen molar-refractivity contribution in [2.24, 2.45) is 0 Å². The first-order valence-corrected chi connectivity index (χ1v) is 13.3. The van der Waals surface area contributed by atoms with Gasteiger partial charge in [0.15, 0.2) is 0 Å². The average molecular weight is 539 g/mol. The highest BCUT2D eigenvalue weighted by Gasteiger charge is 2.26. The van der Waals surface area contributed by atoms with Gasteiger partial charge in [0.25, 0.3) is 11.6 Å². The SMILES string of the molecule is Cc1ccc(C(=O)N(CC(=O)N(Cc2ccccc2)Cc2cccn2Cc2ccccc2)C(C)C)cc1[N+](=O)[O-]. The number of carbonyl (C=O) groups excluding carboxylic acids is 2. The molecule has 40 heavy (non-hydrogen) atoms. The highest BCUT2D eigenvalue weighted by Crippen LogP contribution is 2.21. The molecule has 0 saturated carbocycles. The summed E-state index contributed by atoms with van der Waals surface area (Å²) in [4.78, 5) is 41.5. The van der Waals surface area contributed by atoms with Crippen molar-refractivity contribution >= 4 is 17.5 Å². The molecule has 0 spiro atoms. The zero-order valence-corrected chi connectivity index (χ0v) is 23.1. The number of rotatable bonds is 11. The Kier molecular flexibility index (Phi) is 9.11. The van der Waals surface area contributed by atoms with Crippen molar-refractivity contribution in [1.29, 1.82) is 0 Å². The maximum absolute atomic E-state index is 13.8. The van der Waals surface area contributed by atoms with Crippen LogP contribution in [0.2, 0.25) is 0 Å². The predicted octanol–water partition coefficient (Wildman–Crippen LogP) is 5.83.